The number of rotatable bonds is 6. The molecule has 1 aromatic rings. The van der Waals surface area contributed by atoms with Crippen molar-refractivity contribution in [3.63, 3.8) is 0 Å². The van der Waals surface area contributed by atoms with E-state index < -0.39 is 5.41 Å². The fraction of sp³-hybridized carbons (Fsp3) is 0.625. The molecule has 5 heteroatoms. The lowest BCUT2D eigenvalue weighted by molar-refractivity contribution is -0.153. The van der Waals surface area contributed by atoms with E-state index in [0.29, 0.717) is 12.3 Å². The Bertz CT molecular complexity index is 541. The van der Waals surface area contributed by atoms with Crippen molar-refractivity contribution in [2.75, 3.05) is 20.8 Å². The molecule has 116 valence electrons. The van der Waals surface area contributed by atoms with Gasteiger partial charge in [0.25, 0.3) is 0 Å². The summed E-state index contributed by atoms with van der Waals surface area (Å²) in [6.07, 6.45) is 4.33. The first kappa shape index (κ1) is 15.8. The summed E-state index contributed by atoms with van der Waals surface area (Å²) in [5.74, 6) is 0.892. The first-order valence-electron chi connectivity index (χ1n) is 7.27. The molecule has 1 aromatic heterocycles. The number of aryl methyl sites for hydroxylation is 1. The van der Waals surface area contributed by atoms with Crippen LogP contribution in [-0.2, 0) is 16.0 Å². The second-order valence-corrected chi connectivity index (χ2v) is 5.85. The number of methoxy groups -OCH3 is 2. The first-order chi connectivity index (χ1) is 10.00. The van der Waals surface area contributed by atoms with Gasteiger partial charge in [-0.1, -0.05) is 0 Å². The first-order valence-corrected chi connectivity index (χ1v) is 7.27. The molecule has 2 rings (SSSR count). The van der Waals surface area contributed by atoms with Crippen molar-refractivity contribution in [1.29, 1.82) is 0 Å². The van der Waals surface area contributed by atoms with Crippen LogP contribution in [0.5, 0.6) is 5.75 Å². The van der Waals surface area contributed by atoms with Gasteiger partial charge in [0.05, 0.1) is 19.6 Å². The number of aromatic nitrogens is 1. The van der Waals surface area contributed by atoms with Crippen LogP contribution in [0.1, 0.15) is 29.7 Å². The molecular weight excluding hydrogens is 268 g/mol. The fourth-order valence-electron chi connectivity index (χ4n) is 3.09. The molecule has 5 nitrogen and oxygen atoms in total. The predicted molar refractivity (Wildman–Crippen MR) is 80.2 cm³/mol. The lowest BCUT2D eigenvalue weighted by Crippen LogP contribution is -2.44. The molecule has 0 aromatic carbocycles. The Morgan fingerprint density at radius 1 is 1.43 bits per heavy atom. The molecule has 0 saturated heterocycles. The van der Waals surface area contributed by atoms with E-state index in [2.05, 4.69) is 4.98 Å². The van der Waals surface area contributed by atoms with Gasteiger partial charge in [-0.2, -0.15) is 0 Å². The Balaban J connectivity index is 2.40. The average Bonchev–Trinajstić information content (AvgIpc) is 3.32. The molecule has 1 atom stereocenters. The largest absolute Gasteiger partial charge is 0.496 e. The molecule has 0 spiro atoms. The molecule has 1 saturated carbocycles. The minimum atomic E-state index is -0.660. The van der Waals surface area contributed by atoms with Crippen LogP contribution >= 0.6 is 0 Å². The third kappa shape index (κ3) is 2.75. The topological polar surface area (TPSA) is 74.4 Å². The number of esters is 1. The van der Waals surface area contributed by atoms with Gasteiger partial charge in [0.1, 0.15) is 5.75 Å². The molecule has 1 aliphatic rings. The van der Waals surface area contributed by atoms with Gasteiger partial charge in [-0.25, -0.2) is 0 Å². The van der Waals surface area contributed by atoms with E-state index in [0.717, 1.165) is 35.4 Å². The van der Waals surface area contributed by atoms with E-state index in [1.807, 2.05) is 13.8 Å². The molecule has 21 heavy (non-hydrogen) atoms. The summed E-state index contributed by atoms with van der Waals surface area (Å²) in [6.45, 7) is 4.21. The van der Waals surface area contributed by atoms with Crippen LogP contribution in [-0.4, -0.2) is 31.7 Å². The maximum absolute atomic E-state index is 12.3. The van der Waals surface area contributed by atoms with Crippen LogP contribution in [0.2, 0.25) is 0 Å². The number of nitrogens with two attached hydrogens (primary N) is 1. The number of carbonyl (C=O) groups excluding carboxylic acids is 1. The number of hydrogen-bond donors (Lipinski definition) is 1. The van der Waals surface area contributed by atoms with Gasteiger partial charge >= 0.3 is 5.97 Å². The quantitative estimate of drug-likeness (QED) is 0.809. The Kier molecular flexibility index (Phi) is 4.52. The molecule has 1 fully saturated rings. The fourth-order valence-corrected chi connectivity index (χ4v) is 3.09. The van der Waals surface area contributed by atoms with Crippen LogP contribution in [0, 0.1) is 25.2 Å². The molecule has 0 aliphatic heterocycles. The molecule has 1 heterocycles. The lowest BCUT2D eigenvalue weighted by Gasteiger charge is -2.30. The number of ether oxygens (including phenoxy) is 2. The van der Waals surface area contributed by atoms with Crippen LogP contribution in [0.15, 0.2) is 6.20 Å². The summed E-state index contributed by atoms with van der Waals surface area (Å²) in [5, 5.41) is 0. The average molecular weight is 292 g/mol. The van der Waals surface area contributed by atoms with Gasteiger partial charge in [0, 0.05) is 36.0 Å². The number of nitrogens with zero attached hydrogens (tertiary/aromatic N) is 1. The highest BCUT2D eigenvalue weighted by Crippen LogP contribution is 2.48. The van der Waals surface area contributed by atoms with E-state index in [-0.39, 0.29) is 12.5 Å². The third-order valence-corrected chi connectivity index (χ3v) is 4.55. The van der Waals surface area contributed by atoms with Gasteiger partial charge in [-0.05, 0) is 32.6 Å². The lowest BCUT2D eigenvalue weighted by atomic mass is 9.77. The van der Waals surface area contributed by atoms with Crippen molar-refractivity contribution in [2.24, 2.45) is 17.1 Å². The second-order valence-electron chi connectivity index (χ2n) is 5.85. The van der Waals surface area contributed by atoms with Crippen LogP contribution < -0.4 is 10.5 Å². The summed E-state index contributed by atoms with van der Waals surface area (Å²) in [4.78, 5) is 16.8. The van der Waals surface area contributed by atoms with Crippen molar-refractivity contribution in [3.05, 3.63) is 23.0 Å². The monoisotopic (exact) mass is 292 g/mol. The van der Waals surface area contributed by atoms with Gasteiger partial charge in [-0.15, -0.1) is 0 Å². The third-order valence-electron chi connectivity index (χ3n) is 4.55. The van der Waals surface area contributed by atoms with Crippen LogP contribution in [0.25, 0.3) is 0 Å². The Hall–Kier alpha value is -1.62. The maximum Gasteiger partial charge on any atom is 0.313 e. The molecule has 0 radical (unpaired) electrons. The van der Waals surface area contributed by atoms with E-state index in [9.17, 15) is 4.79 Å². The van der Waals surface area contributed by atoms with Crippen molar-refractivity contribution in [3.8, 4) is 5.75 Å². The van der Waals surface area contributed by atoms with Gasteiger partial charge in [-0.3, -0.25) is 9.78 Å². The molecular formula is C16H24N2O3. The minimum absolute atomic E-state index is 0.228. The minimum Gasteiger partial charge on any atom is -0.496 e. The molecule has 1 unspecified atom stereocenters. The Labute approximate surface area is 125 Å². The summed E-state index contributed by atoms with van der Waals surface area (Å²) in [6, 6.07) is 0. The zero-order valence-electron chi connectivity index (χ0n) is 13.2. The van der Waals surface area contributed by atoms with E-state index in [1.54, 1.807) is 13.3 Å². The molecule has 2 N–H and O–H groups in total. The van der Waals surface area contributed by atoms with Gasteiger partial charge in [0.2, 0.25) is 0 Å². The van der Waals surface area contributed by atoms with Gasteiger partial charge < -0.3 is 15.2 Å². The Morgan fingerprint density at radius 3 is 2.57 bits per heavy atom. The molecule has 0 amide bonds. The summed E-state index contributed by atoms with van der Waals surface area (Å²) in [7, 11) is 3.07. The maximum atomic E-state index is 12.3. The standard InChI is InChI=1S/C16H24N2O3/c1-10-8-18-13(11(2)14(10)20-3)7-16(9-17,12-5-6-12)15(19)21-4/h8,12H,5-7,9,17H2,1-4H3. The Morgan fingerprint density at radius 2 is 2.10 bits per heavy atom. The highest BCUT2D eigenvalue weighted by atomic mass is 16.5. The summed E-state index contributed by atoms with van der Waals surface area (Å²) < 4.78 is 10.5. The number of pyridine rings is 1. The number of hydrogen-bond acceptors (Lipinski definition) is 5. The van der Waals surface area contributed by atoms with Crippen molar-refractivity contribution < 1.29 is 14.3 Å². The summed E-state index contributed by atoms with van der Waals surface area (Å²) >= 11 is 0. The zero-order valence-corrected chi connectivity index (χ0v) is 13.2. The van der Waals surface area contributed by atoms with Crippen molar-refractivity contribution in [2.45, 2.75) is 33.1 Å². The summed E-state index contributed by atoms with van der Waals surface area (Å²) in [5.41, 5.74) is 8.12. The van der Waals surface area contributed by atoms with Crippen LogP contribution in [0.3, 0.4) is 0 Å². The molecule has 1 aliphatic carbocycles. The second kappa shape index (κ2) is 6.02. The predicted octanol–water partition coefficient (Wildman–Crippen LogP) is 1.78. The smallest absolute Gasteiger partial charge is 0.313 e. The van der Waals surface area contributed by atoms with E-state index >= 15 is 0 Å². The van der Waals surface area contributed by atoms with Crippen LogP contribution in [0.4, 0.5) is 0 Å². The highest BCUT2D eigenvalue weighted by Gasteiger charge is 2.51. The van der Waals surface area contributed by atoms with Crippen molar-refractivity contribution in [1.82, 2.24) is 4.98 Å². The SMILES string of the molecule is COC(=O)C(CN)(Cc1ncc(C)c(OC)c1C)C1CC1. The van der Waals surface area contributed by atoms with E-state index in [4.69, 9.17) is 15.2 Å². The zero-order chi connectivity index (χ0) is 15.6. The normalized spacial score (nSPS) is 17.2. The highest BCUT2D eigenvalue weighted by molar-refractivity contribution is 5.78. The van der Waals surface area contributed by atoms with Gasteiger partial charge in [0.15, 0.2) is 0 Å². The number of carbonyl (C=O) groups is 1. The van der Waals surface area contributed by atoms with E-state index in [1.165, 1.54) is 7.11 Å². The molecule has 0 bridgehead atoms. The van der Waals surface area contributed by atoms with Crippen molar-refractivity contribution >= 4 is 5.97 Å².